The van der Waals surface area contributed by atoms with E-state index >= 15 is 0 Å². The van der Waals surface area contributed by atoms with Crippen molar-refractivity contribution < 1.29 is 17.6 Å². The SMILES string of the molecule is Cc1ncc(-c2ccc(NS(=O)(=O)CCOC(C)C)cc2)o1. The molecule has 0 atom stereocenters. The third-order valence-electron chi connectivity index (χ3n) is 2.87. The number of nitrogens with one attached hydrogen (secondary N) is 1. The summed E-state index contributed by atoms with van der Waals surface area (Å²) in [6.45, 7) is 5.67. The van der Waals surface area contributed by atoms with Gasteiger partial charge in [-0.25, -0.2) is 13.4 Å². The predicted octanol–water partition coefficient (Wildman–Crippen LogP) is 2.82. The lowest BCUT2D eigenvalue weighted by atomic mass is 10.2. The van der Waals surface area contributed by atoms with Crippen LogP contribution in [-0.2, 0) is 14.8 Å². The minimum Gasteiger partial charge on any atom is -0.441 e. The molecule has 6 nitrogen and oxygen atoms in total. The Morgan fingerprint density at radius 1 is 1.27 bits per heavy atom. The van der Waals surface area contributed by atoms with E-state index in [1.54, 1.807) is 37.4 Å². The van der Waals surface area contributed by atoms with Crippen LogP contribution in [0.4, 0.5) is 5.69 Å². The first-order chi connectivity index (χ1) is 10.4. The van der Waals surface area contributed by atoms with E-state index in [1.165, 1.54) is 0 Å². The molecule has 0 bridgehead atoms. The summed E-state index contributed by atoms with van der Waals surface area (Å²) < 4.78 is 37.0. The molecule has 0 aliphatic heterocycles. The normalized spacial score (nSPS) is 11.8. The largest absolute Gasteiger partial charge is 0.441 e. The average Bonchev–Trinajstić information content (AvgIpc) is 2.85. The molecule has 0 radical (unpaired) electrons. The lowest BCUT2D eigenvalue weighted by Crippen LogP contribution is -2.21. The van der Waals surface area contributed by atoms with Gasteiger partial charge in [-0.2, -0.15) is 0 Å². The molecule has 0 fully saturated rings. The van der Waals surface area contributed by atoms with E-state index in [-0.39, 0.29) is 18.5 Å². The fourth-order valence-electron chi connectivity index (χ4n) is 1.82. The van der Waals surface area contributed by atoms with Crippen LogP contribution in [-0.4, -0.2) is 31.9 Å². The second kappa shape index (κ2) is 6.93. The number of anilines is 1. The van der Waals surface area contributed by atoms with Crippen molar-refractivity contribution in [3.05, 3.63) is 36.4 Å². The number of oxazole rings is 1. The number of ether oxygens (including phenoxy) is 1. The van der Waals surface area contributed by atoms with Crippen LogP contribution in [0.3, 0.4) is 0 Å². The smallest absolute Gasteiger partial charge is 0.234 e. The lowest BCUT2D eigenvalue weighted by Gasteiger charge is -2.10. The minimum atomic E-state index is -3.41. The van der Waals surface area contributed by atoms with Gasteiger partial charge in [0, 0.05) is 18.2 Å². The average molecular weight is 324 g/mol. The molecule has 7 heteroatoms. The second-order valence-electron chi connectivity index (χ2n) is 5.16. The second-order valence-corrected chi connectivity index (χ2v) is 7.00. The Morgan fingerprint density at radius 3 is 2.50 bits per heavy atom. The van der Waals surface area contributed by atoms with Crippen LogP contribution >= 0.6 is 0 Å². The molecule has 0 saturated carbocycles. The van der Waals surface area contributed by atoms with E-state index in [1.807, 2.05) is 13.8 Å². The van der Waals surface area contributed by atoms with E-state index in [4.69, 9.17) is 9.15 Å². The molecular formula is C15H20N2O4S. The highest BCUT2D eigenvalue weighted by atomic mass is 32.2. The first-order valence-corrected chi connectivity index (χ1v) is 8.66. The summed E-state index contributed by atoms with van der Waals surface area (Å²) in [5.74, 6) is 1.16. The summed E-state index contributed by atoms with van der Waals surface area (Å²) in [4.78, 5) is 4.03. The van der Waals surface area contributed by atoms with Gasteiger partial charge in [0.25, 0.3) is 0 Å². The molecule has 1 aromatic heterocycles. The van der Waals surface area contributed by atoms with E-state index in [9.17, 15) is 8.42 Å². The fourth-order valence-corrected chi connectivity index (χ4v) is 2.73. The van der Waals surface area contributed by atoms with E-state index < -0.39 is 10.0 Å². The summed E-state index contributed by atoms with van der Waals surface area (Å²) >= 11 is 0. The summed E-state index contributed by atoms with van der Waals surface area (Å²) in [5, 5.41) is 0. The fraction of sp³-hybridized carbons (Fsp3) is 0.400. The Balaban J connectivity index is 1.98. The molecule has 0 spiro atoms. The number of nitrogens with zero attached hydrogens (tertiary/aromatic N) is 1. The highest BCUT2D eigenvalue weighted by Gasteiger charge is 2.11. The maximum Gasteiger partial charge on any atom is 0.234 e. The summed E-state index contributed by atoms with van der Waals surface area (Å²) in [7, 11) is -3.41. The van der Waals surface area contributed by atoms with E-state index in [0.29, 0.717) is 17.3 Å². The Bertz CT molecular complexity index is 705. The Kier molecular flexibility index (Phi) is 5.20. The maximum atomic E-state index is 11.9. The molecule has 0 unspecified atom stereocenters. The number of hydrogen-bond acceptors (Lipinski definition) is 5. The van der Waals surface area contributed by atoms with Crippen LogP contribution in [0.5, 0.6) is 0 Å². The van der Waals surface area contributed by atoms with Crippen molar-refractivity contribution in [2.24, 2.45) is 0 Å². The third kappa shape index (κ3) is 4.85. The number of benzene rings is 1. The maximum absolute atomic E-state index is 11.9. The summed E-state index contributed by atoms with van der Waals surface area (Å²) in [6.07, 6.45) is 1.65. The van der Waals surface area contributed by atoms with Crippen molar-refractivity contribution in [2.45, 2.75) is 26.9 Å². The highest BCUT2D eigenvalue weighted by Crippen LogP contribution is 2.22. The number of hydrogen-bond donors (Lipinski definition) is 1. The molecule has 0 aliphatic carbocycles. The molecule has 2 rings (SSSR count). The Morgan fingerprint density at radius 2 is 1.95 bits per heavy atom. The molecule has 22 heavy (non-hydrogen) atoms. The first-order valence-electron chi connectivity index (χ1n) is 7.01. The van der Waals surface area contributed by atoms with Crippen LogP contribution in [0.2, 0.25) is 0 Å². The predicted molar refractivity (Wildman–Crippen MR) is 85.2 cm³/mol. The van der Waals surface area contributed by atoms with Crippen molar-refractivity contribution in [2.75, 3.05) is 17.1 Å². The quantitative estimate of drug-likeness (QED) is 0.847. The zero-order valence-electron chi connectivity index (χ0n) is 12.9. The van der Waals surface area contributed by atoms with Gasteiger partial charge in [-0.3, -0.25) is 4.72 Å². The van der Waals surface area contributed by atoms with Gasteiger partial charge in [0.2, 0.25) is 10.0 Å². The van der Waals surface area contributed by atoms with Crippen LogP contribution in [0.25, 0.3) is 11.3 Å². The molecule has 1 aromatic carbocycles. The van der Waals surface area contributed by atoms with Crippen LogP contribution in [0.1, 0.15) is 19.7 Å². The van der Waals surface area contributed by atoms with E-state index in [0.717, 1.165) is 5.56 Å². The Labute approximate surface area is 130 Å². The molecule has 0 saturated heterocycles. The van der Waals surface area contributed by atoms with Gasteiger partial charge >= 0.3 is 0 Å². The van der Waals surface area contributed by atoms with Crippen molar-refractivity contribution in [3.8, 4) is 11.3 Å². The highest BCUT2D eigenvalue weighted by molar-refractivity contribution is 7.92. The zero-order chi connectivity index (χ0) is 16.2. The molecule has 0 aliphatic rings. The number of sulfonamides is 1. The van der Waals surface area contributed by atoms with Gasteiger partial charge in [-0.1, -0.05) is 0 Å². The molecule has 1 N–H and O–H groups in total. The van der Waals surface area contributed by atoms with Crippen molar-refractivity contribution in [1.29, 1.82) is 0 Å². The standard InChI is InChI=1S/C15H20N2O4S/c1-11(2)20-8-9-22(18,19)17-14-6-4-13(5-7-14)15-10-16-12(3)21-15/h4-7,10-11,17H,8-9H2,1-3H3. The van der Waals surface area contributed by atoms with Crippen molar-refractivity contribution in [3.63, 3.8) is 0 Å². The molecule has 1 heterocycles. The number of rotatable bonds is 7. The first kappa shape index (κ1) is 16.5. The number of aryl methyl sites for hydroxylation is 1. The third-order valence-corrected chi connectivity index (χ3v) is 4.12. The lowest BCUT2D eigenvalue weighted by molar-refractivity contribution is 0.0913. The van der Waals surface area contributed by atoms with Crippen LogP contribution < -0.4 is 4.72 Å². The summed E-state index contributed by atoms with van der Waals surface area (Å²) in [5.41, 5.74) is 1.34. The molecule has 0 amide bonds. The van der Waals surface area contributed by atoms with E-state index in [2.05, 4.69) is 9.71 Å². The van der Waals surface area contributed by atoms with Gasteiger partial charge in [0.05, 0.1) is 24.7 Å². The van der Waals surface area contributed by atoms with Gasteiger partial charge in [-0.15, -0.1) is 0 Å². The van der Waals surface area contributed by atoms with Gasteiger partial charge < -0.3 is 9.15 Å². The minimum absolute atomic E-state index is 0.0137. The van der Waals surface area contributed by atoms with Gasteiger partial charge in [0.15, 0.2) is 11.7 Å². The Hall–Kier alpha value is -1.86. The van der Waals surface area contributed by atoms with Gasteiger partial charge in [0.1, 0.15) is 0 Å². The monoisotopic (exact) mass is 324 g/mol. The van der Waals surface area contributed by atoms with Crippen LogP contribution in [0, 0.1) is 6.92 Å². The molecule has 120 valence electrons. The number of aromatic nitrogens is 1. The zero-order valence-corrected chi connectivity index (χ0v) is 13.7. The van der Waals surface area contributed by atoms with Crippen LogP contribution in [0.15, 0.2) is 34.9 Å². The topological polar surface area (TPSA) is 81.4 Å². The van der Waals surface area contributed by atoms with Gasteiger partial charge in [-0.05, 0) is 38.1 Å². The van der Waals surface area contributed by atoms with Crippen molar-refractivity contribution >= 4 is 15.7 Å². The van der Waals surface area contributed by atoms with Crippen molar-refractivity contribution in [1.82, 2.24) is 4.98 Å². The molecular weight excluding hydrogens is 304 g/mol. The molecule has 2 aromatic rings. The summed E-state index contributed by atoms with van der Waals surface area (Å²) in [6, 6.07) is 6.94.